The molecule has 0 saturated carbocycles. The Balaban J connectivity index is 1.29. The molecule has 27 heavy (non-hydrogen) atoms. The first-order valence-electron chi connectivity index (χ1n) is 10.5. The van der Waals surface area contributed by atoms with E-state index in [1.165, 1.54) is 45.3 Å². The van der Waals surface area contributed by atoms with E-state index in [4.69, 9.17) is 4.74 Å². The fraction of sp³-hybridized carbons (Fsp3) is 0.762. The van der Waals surface area contributed by atoms with Crippen molar-refractivity contribution >= 4 is 5.91 Å². The first-order valence-corrected chi connectivity index (χ1v) is 10.5. The van der Waals surface area contributed by atoms with E-state index >= 15 is 0 Å². The quantitative estimate of drug-likeness (QED) is 0.794. The van der Waals surface area contributed by atoms with Gasteiger partial charge in [0.2, 0.25) is 5.91 Å². The van der Waals surface area contributed by atoms with Gasteiger partial charge in [0.05, 0.1) is 24.1 Å². The van der Waals surface area contributed by atoms with Crippen LogP contribution in [0.5, 0.6) is 0 Å². The largest absolute Gasteiger partial charge is 0.381 e. The number of likely N-dealkylation sites (tertiary alicyclic amines) is 2. The number of hydrogen-bond acceptors (Lipinski definition) is 5. The molecule has 1 amide bonds. The van der Waals surface area contributed by atoms with Gasteiger partial charge in [-0.2, -0.15) is 0 Å². The van der Waals surface area contributed by atoms with Gasteiger partial charge in [-0.25, -0.2) is 0 Å². The van der Waals surface area contributed by atoms with Crippen molar-refractivity contribution in [1.82, 2.24) is 19.8 Å². The van der Waals surface area contributed by atoms with Gasteiger partial charge in [0.15, 0.2) is 0 Å². The zero-order valence-electron chi connectivity index (χ0n) is 16.5. The third-order valence-electron chi connectivity index (χ3n) is 6.73. The van der Waals surface area contributed by atoms with E-state index in [2.05, 4.69) is 14.9 Å². The average molecular weight is 373 g/mol. The number of amides is 1. The number of nitrogens with zero attached hydrogens (tertiary/aromatic N) is 4. The number of carbonyl (C=O) groups excluding carboxylic acids is 1. The van der Waals surface area contributed by atoms with Crippen LogP contribution in [0.1, 0.15) is 49.9 Å². The van der Waals surface area contributed by atoms with Crippen molar-refractivity contribution < 1.29 is 9.53 Å². The molecule has 1 aromatic heterocycles. The topological polar surface area (TPSA) is 58.6 Å². The summed E-state index contributed by atoms with van der Waals surface area (Å²) in [6.45, 7) is 8.85. The molecule has 3 aliphatic heterocycles. The van der Waals surface area contributed by atoms with Gasteiger partial charge >= 0.3 is 0 Å². The number of ether oxygens (including phenoxy) is 1. The number of aryl methyl sites for hydroxylation is 1. The number of carbonyl (C=O) groups is 1. The molecule has 1 spiro atoms. The van der Waals surface area contributed by atoms with E-state index in [1.54, 1.807) is 12.4 Å². The molecule has 6 nitrogen and oxygen atoms in total. The summed E-state index contributed by atoms with van der Waals surface area (Å²) in [6.07, 6.45) is 10.2. The Hall–Kier alpha value is -1.53. The molecule has 3 fully saturated rings. The standard InChI is InChI=1S/C21H32N4O2/c1-17-12-23-19(13-22-17)14-25-16-21(5-2-20(25)26)6-9-24(10-7-21)8-3-18-4-11-27-15-18/h12-13,18H,2-11,14-16H2,1H3/t18-/m1/s1. The van der Waals surface area contributed by atoms with Crippen molar-refractivity contribution in [3.8, 4) is 0 Å². The molecule has 6 heteroatoms. The highest BCUT2D eigenvalue weighted by molar-refractivity contribution is 5.77. The molecule has 1 aromatic rings. The molecular formula is C21H32N4O2. The van der Waals surface area contributed by atoms with Crippen molar-refractivity contribution in [1.29, 1.82) is 0 Å². The Morgan fingerprint density at radius 2 is 2.07 bits per heavy atom. The van der Waals surface area contributed by atoms with Gasteiger partial charge < -0.3 is 14.5 Å². The van der Waals surface area contributed by atoms with Crippen LogP contribution in [0.25, 0.3) is 0 Å². The molecular weight excluding hydrogens is 340 g/mol. The van der Waals surface area contributed by atoms with Crippen LogP contribution in [0.4, 0.5) is 0 Å². The lowest BCUT2D eigenvalue weighted by Gasteiger charge is -2.47. The maximum absolute atomic E-state index is 12.5. The molecule has 0 aliphatic carbocycles. The van der Waals surface area contributed by atoms with Crippen molar-refractivity contribution in [3.05, 3.63) is 23.8 Å². The van der Waals surface area contributed by atoms with Crippen LogP contribution in [0.15, 0.2) is 12.4 Å². The lowest BCUT2D eigenvalue weighted by molar-refractivity contribution is -0.140. The van der Waals surface area contributed by atoms with Crippen molar-refractivity contribution in [2.75, 3.05) is 39.4 Å². The van der Waals surface area contributed by atoms with Gasteiger partial charge in [-0.1, -0.05) is 0 Å². The van der Waals surface area contributed by atoms with E-state index in [1.807, 2.05) is 11.8 Å². The van der Waals surface area contributed by atoms with Crippen molar-refractivity contribution in [2.45, 2.75) is 52.0 Å². The second-order valence-electron chi connectivity index (χ2n) is 8.76. The Bertz CT molecular complexity index is 634. The summed E-state index contributed by atoms with van der Waals surface area (Å²) in [5.41, 5.74) is 2.11. The molecule has 4 heterocycles. The second kappa shape index (κ2) is 8.23. The van der Waals surface area contributed by atoms with E-state index in [-0.39, 0.29) is 5.91 Å². The Kier molecular flexibility index (Phi) is 5.74. The van der Waals surface area contributed by atoms with E-state index in [9.17, 15) is 4.79 Å². The minimum atomic E-state index is 0.270. The molecule has 4 rings (SSSR count). The Morgan fingerprint density at radius 3 is 2.78 bits per heavy atom. The number of rotatable bonds is 5. The van der Waals surface area contributed by atoms with Crippen LogP contribution in [0, 0.1) is 18.3 Å². The predicted molar refractivity (Wildman–Crippen MR) is 103 cm³/mol. The van der Waals surface area contributed by atoms with Crippen LogP contribution in [0.3, 0.4) is 0 Å². The number of aromatic nitrogens is 2. The Morgan fingerprint density at radius 1 is 1.22 bits per heavy atom. The van der Waals surface area contributed by atoms with Crippen LogP contribution in [0.2, 0.25) is 0 Å². The predicted octanol–water partition coefficient (Wildman–Crippen LogP) is 2.42. The lowest BCUT2D eigenvalue weighted by Crippen LogP contribution is -2.51. The fourth-order valence-electron chi connectivity index (χ4n) is 4.78. The van der Waals surface area contributed by atoms with E-state index < -0.39 is 0 Å². The molecule has 148 valence electrons. The monoisotopic (exact) mass is 372 g/mol. The van der Waals surface area contributed by atoms with E-state index in [0.29, 0.717) is 18.4 Å². The SMILES string of the molecule is Cc1cnc(CN2CC3(CCC2=O)CCN(CC[C@@H]2CCOC2)CC3)cn1. The highest BCUT2D eigenvalue weighted by atomic mass is 16.5. The van der Waals surface area contributed by atoms with Crippen LogP contribution < -0.4 is 0 Å². The van der Waals surface area contributed by atoms with Crippen molar-refractivity contribution in [3.63, 3.8) is 0 Å². The van der Waals surface area contributed by atoms with Gasteiger partial charge in [-0.05, 0) is 70.0 Å². The molecule has 0 bridgehead atoms. The maximum atomic E-state index is 12.5. The van der Waals surface area contributed by atoms with Crippen LogP contribution >= 0.6 is 0 Å². The summed E-state index contributed by atoms with van der Waals surface area (Å²) in [7, 11) is 0. The minimum absolute atomic E-state index is 0.270. The highest BCUT2D eigenvalue weighted by Crippen LogP contribution is 2.40. The first-order chi connectivity index (χ1) is 13.1. The molecule has 0 radical (unpaired) electrons. The molecule has 0 unspecified atom stereocenters. The minimum Gasteiger partial charge on any atom is -0.381 e. The van der Waals surface area contributed by atoms with Crippen molar-refractivity contribution in [2.24, 2.45) is 11.3 Å². The summed E-state index contributed by atoms with van der Waals surface area (Å²) in [6, 6.07) is 0. The summed E-state index contributed by atoms with van der Waals surface area (Å²) >= 11 is 0. The zero-order chi connectivity index (χ0) is 18.7. The smallest absolute Gasteiger partial charge is 0.222 e. The van der Waals surface area contributed by atoms with Gasteiger partial charge in [-0.15, -0.1) is 0 Å². The van der Waals surface area contributed by atoms with Gasteiger partial charge in [-0.3, -0.25) is 14.8 Å². The third-order valence-corrected chi connectivity index (χ3v) is 6.73. The maximum Gasteiger partial charge on any atom is 0.222 e. The molecule has 3 saturated heterocycles. The van der Waals surface area contributed by atoms with E-state index in [0.717, 1.165) is 43.5 Å². The van der Waals surface area contributed by atoms with Crippen LogP contribution in [-0.4, -0.2) is 65.1 Å². The second-order valence-corrected chi connectivity index (χ2v) is 8.76. The molecule has 0 N–H and O–H groups in total. The highest BCUT2D eigenvalue weighted by Gasteiger charge is 2.41. The first kappa shape index (κ1) is 18.8. The van der Waals surface area contributed by atoms with Gasteiger partial charge in [0, 0.05) is 32.4 Å². The summed E-state index contributed by atoms with van der Waals surface area (Å²) < 4.78 is 5.50. The normalized spacial score (nSPS) is 26.0. The molecule has 0 aromatic carbocycles. The number of hydrogen-bond donors (Lipinski definition) is 0. The summed E-state index contributed by atoms with van der Waals surface area (Å²) in [5, 5.41) is 0. The zero-order valence-corrected chi connectivity index (χ0v) is 16.5. The summed E-state index contributed by atoms with van der Waals surface area (Å²) in [4.78, 5) is 25.9. The molecule has 3 aliphatic rings. The Labute approximate surface area is 162 Å². The van der Waals surface area contributed by atoms with Crippen LogP contribution in [-0.2, 0) is 16.1 Å². The average Bonchev–Trinajstić information content (AvgIpc) is 3.20. The molecule has 1 atom stereocenters. The van der Waals surface area contributed by atoms with Gasteiger partial charge in [0.25, 0.3) is 0 Å². The van der Waals surface area contributed by atoms with Gasteiger partial charge in [0.1, 0.15) is 0 Å². The fourth-order valence-corrected chi connectivity index (χ4v) is 4.78. The summed E-state index contributed by atoms with van der Waals surface area (Å²) in [5.74, 6) is 1.03. The number of piperidine rings is 2. The third kappa shape index (κ3) is 4.66. The lowest BCUT2D eigenvalue weighted by atomic mass is 9.72.